The first kappa shape index (κ1) is 28.2. The minimum Gasteiger partial charge on any atom is -0.481 e. The fraction of sp³-hybridized carbons (Fsp3) is 0.452. The van der Waals surface area contributed by atoms with Gasteiger partial charge in [-0.1, -0.05) is 12.1 Å². The van der Waals surface area contributed by atoms with Crippen molar-refractivity contribution in [3.05, 3.63) is 76.0 Å². The summed E-state index contributed by atoms with van der Waals surface area (Å²) in [7, 11) is 1.89. The molecule has 1 aliphatic carbocycles. The van der Waals surface area contributed by atoms with Gasteiger partial charge in [-0.25, -0.2) is 4.39 Å². The summed E-state index contributed by atoms with van der Waals surface area (Å²) in [5.74, 6) is 0.0599. The average molecular weight is 532 g/mol. The number of nitrogens with zero attached hydrogens (tertiary/aromatic N) is 5. The Kier molecular flexibility index (Phi) is 9.59. The summed E-state index contributed by atoms with van der Waals surface area (Å²) in [5, 5.41) is 23.2. The lowest BCUT2D eigenvalue weighted by atomic mass is 9.89. The highest BCUT2D eigenvalue weighted by Gasteiger charge is 2.20. The number of rotatable bonds is 13. The van der Waals surface area contributed by atoms with Gasteiger partial charge in [0.1, 0.15) is 6.67 Å². The van der Waals surface area contributed by atoms with Crippen molar-refractivity contribution in [3.8, 4) is 6.07 Å². The van der Waals surface area contributed by atoms with E-state index in [9.17, 15) is 14.4 Å². The van der Waals surface area contributed by atoms with E-state index in [0.29, 0.717) is 30.6 Å². The van der Waals surface area contributed by atoms with Gasteiger partial charge in [0.25, 0.3) is 0 Å². The van der Waals surface area contributed by atoms with Gasteiger partial charge in [0, 0.05) is 57.6 Å². The number of carbonyl (C=O) groups is 1. The Hall–Kier alpha value is -3.86. The smallest absolute Gasteiger partial charge is 0.303 e. The first-order chi connectivity index (χ1) is 18.9. The molecular weight excluding hydrogens is 493 g/mol. The van der Waals surface area contributed by atoms with E-state index in [1.165, 1.54) is 35.2 Å². The highest BCUT2D eigenvalue weighted by molar-refractivity contribution is 5.66. The molecule has 0 saturated heterocycles. The van der Waals surface area contributed by atoms with E-state index in [4.69, 9.17) is 5.11 Å². The fourth-order valence-electron chi connectivity index (χ4n) is 5.48. The quantitative estimate of drug-likeness (QED) is 0.275. The Labute approximate surface area is 230 Å². The zero-order valence-corrected chi connectivity index (χ0v) is 23.0. The van der Waals surface area contributed by atoms with E-state index in [1.54, 1.807) is 10.7 Å². The number of hydrogen-bond donors (Lipinski definition) is 1. The van der Waals surface area contributed by atoms with Crippen LogP contribution in [0.3, 0.4) is 0 Å². The maximum atomic E-state index is 13.6. The third-order valence-electron chi connectivity index (χ3n) is 7.43. The molecule has 1 heterocycles. The molecule has 0 aliphatic heterocycles. The Balaban J connectivity index is 1.69. The molecule has 39 heavy (non-hydrogen) atoms. The summed E-state index contributed by atoms with van der Waals surface area (Å²) in [4.78, 5) is 15.6. The largest absolute Gasteiger partial charge is 0.481 e. The molecule has 0 fully saturated rings. The predicted octanol–water partition coefficient (Wildman–Crippen LogP) is 5.93. The number of aryl methyl sites for hydroxylation is 3. The molecule has 206 valence electrons. The summed E-state index contributed by atoms with van der Waals surface area (Å²) in [6, 6.07) is 14.1. The second-order valence-electron chi connectivity index (χ2n) is 10.4. The highest BCUT2D eigenvalue weighted by Crippen LogP contribution is 2.32. The number of alkyl halides is 1. The van der Waals surface area contributed by atoms with Gasteiger partial charge in [0.15, 0.2) is 5.82 Å². The standard InChI is InChI=1S/C31H38FN5O2/c1-3-36(12-7-6-10-31(38)39)29-18-27-9-5-4-8-26(27)17-28(29)22-37(30-11-13-35(2)34-30)21-25-15-23(19-32)14-24(16-25)20-33/h11,13-18H,3-10,12,19,21-22H2,1-2H3,(H,38,39). The molecule has 0 atom stereocenters. The van der Waals surface area contributed by atoms with Crippen LogP contribution in [0.1, 0.15) is 72.4 Å². The minimum absolute atomic E-state index is 0.185. The van der Waals surface area contributed by atoms with Crippen LogP contribution in [0.4, 0.5) is 15.9 Å². The number of carboxylic acid groups (broad SMARTS) is 1. The summed E-state index contributed by atoms with van der Waals surface area (Å²) >= 11 is 0. The predicted molar refractivity (Wildman–Crippen MR) is 152 cm³/mol. The molecule has 1 N–H and O–H groups in total. The van der Waals surface area contributed by atoms with Crippen molar-refractivity contribution < 1.29 is 14.3 Å². The molecule has 2 aromatic carbocycles. The maximum absolute atomic E-state index is 13.6. The Morgan fingerprint density at radius 2 is 1.82 bits per heavy atom. The van der Waals surface area contributed by atoms with Crippen LogP contribution in [-0.2, 0) is 44.4 Å². The van der Waals surface area contributed by atoms with Crippen molar-refractivity contribution in [2.45, 2.75) is 71.6 Å². The zero-order valence-electron chi connectivity index (χ0n) is 23.0. The number of nitriles is 1. The Bertz CT molecular complexity index is 1330. The van der Waals surface area contributed by atoms with Gasteiger partial charge in [-0.15, -0.1) is 0 Å². The summed E-state index contributed by atoms with van der Waals surface area (Å²) in [6.45, 7) is 4.24. The van der Waals surface area contributed by atoms with Gasteiger partial charge in [-0.2, -0.15) is 10.4 Å². The number of fused-ring (bicyclic) bond motifs is 1. The van der Waals surface area contributed by atoms with Crippen LogP contribution in [0.2, 0.25) is 0 Å². The molecule has 7 nitrogen and oxygen atoms in total. The van der Waals surface area contributed by atoms with Crippen LogP contribution in [0.15, 0.2) is 42.6 Å². The lowest BCUT2D eigenvalue weighted by Crippen LogP contribution is -2.29. The number of benzene rings is 2. The highest BCUT2D eigenvalue weighted by atomic mass is 19.1. The second kappa shape index (κ2) is 13.3. The summed E-state index contributed by atoms with van der Waals surface area (Å²) in [6.07, 6.45) is 8.10. The van der Waals surface area contributed by atoms with Crippen LogP contribution >= 0.6 is 0 Å². The van der Waals surface area contributed by atoms with Gasteiger partial charge >= 0.3 is 5.97 Å². The number of hydrogen-bond acceptors (Lipinski definition) is 5. The van der Waals surface area contributed by atoms with Crippen molar-refractivity contribution in [1.82, 2.24) is 9.78 Å². The number of anilines is 2. The number of aliphatic carboxylic acids is 1. The van der Waals surface area contributed by atoms with Gasteiger partial charge < -0.3 is 14.9 Å². The normalized spacial score (nSPS) is 12.6. The van der Waals surface area contributed by atoms with Crippen LogP contribution in [-0.4, -0.2) is 33.9 Å². The third kappa shape index (κ3) is 7.38. The van der Waals surface area contributed by atoms with Gasteiger partial charge in [-0.05, 0) is 91.5 Å². The first-order valence-corrected chi connectivity index (χ1v) is 13.8. The molecular formula is C31H38FN5O2. The summed E-state index contributed by atoms with van der Waals surface area (Å²) < 4.78 is 15.3. The molecule has 0 amide bonds. The number of unbranched alkanes of at least 4 members (excludes halogenated alkanes) is 1. The lowest BCUT2D eigenvalue weighted by Gasteiger charge is -2.31. The maximum Gasteiger partial charge on any atom is 0.303 e. The van der Waals surface area contributed by atoms with E-state index in [2.05, 4.69) is 40.0 Å². The zero-order chi connectivity index (χ0) is 27.8. The van der Waals surface area contributed by atoms with Crippen molar-refractivity contribution in [3.63, 3.8) is 0 Å². The number of halogens is 1. The van der Waals surface area contributed by atoms with E-state index >= 15 is 0 Å². The SMILES string of the molecule is CCN(CCCCC(=O)O)c1cc2c(cc1CN(Cc1cc(C#N)cc(CF)c1)c1ccn(C)n1)CCCC2. The third-order valence-corrected chi connectivity index (χ3v) is 7.43. The van der Waals surface area contributed by atoms with Gasteiger partial charge in [0.2, 0.25) is 0 Å². The minimum atomic E-state index is -0.755. The van der Waals surface area contributed by atoms with Gasteiger partial charge in [0.05, 0.1) is 11.6 Å². The fourth-order valence-corrected chi connectivity index (χ4v) is 5.48. The van der Waals surface area contributed by atoms with Crippen molar-refractivity contribution >= 4 is 17.5 Å². The average Bonchev–Trinajstić information content (AvgIpc) is 3.38. The van der Waals surface area contributed by atoms with Crippen molar-refractivity contribution in [2.75, 3.05) is 22.9 Å². The molecule has 4 rings (SSSR count). The molecule has 0 bridgehead atoms. The first-order valence-electron chi connectivity index (χ1n) is 13.8. The van der Waals surface area contributed by atoms with Crippen LogP contribution in [0.25, 0.3) is 0 Å². The van der Waals surface area contributed by atoms with Crippen molar-refractivity contribution in [2.24, 2.45) is 7.05 Å². The molecule has 3 aromatic rings. The molecule has 0 spiro atoms. The second-order valence-corrected chi connectivity index (χ2v) is 10.4. The number of aromatic nitrogens is 2. The van der Waals surface area contributed by atoms with Crippen molar-refractivity contribution in [1.29, 1.82) is 5.26 Å². The Morgan fingerprint density at radius 3 is 2.46 bits per heavy atom. The molecule has 0 radical (unpaired) electrons. The molecule has 0 unspecified atom stereocenters. The topological polar surface area (TPSA) is 85.4 Å². The van der Waals surface area contributed by atoms with Gasteiger partial charge in [-0.3, -0.25) is 9.48 Å². The molecule has 8 heteroatoms. The molecule has 1 aromatic heterocycles. The van der Waals surface area contributed by atoms with Crippen LogP contribution in [0.5, 0.6) is 0 Å². The van der Waals surface area contributed by atoms with Crippen LogP contribution in [0, 0.1) is 11.3 Å². The lowest BCUT2D eigenvalue weighted by molar-refractivity contribution is -0.137. The molecule has 0 saturated carbocycles. The number of carboxylic acids is 1. The Morgan fingerprint density at radius 1 is 1.08 bits per heavy atom. The van der Waals surface area contributed by atoms with E-state index < -0.39 is 12.6 Å². The van der Waals surface area contributed by atoms with E-state index in [0.717, 1.165) is 43.7 Å². The van der Waals surface area contributed by atoms with E-state index in [-0.39, 0.29) is 6.42 Å². The summed E-state index contributed by atoms with van der Waals surface area (Å²) in [5.41, 5.74) is 7.00. The van der Waals surface area contributed by atoms with Crippen LogP contribution < -0.4 is 9.80 Å². The molecule has 1 aliphatic rings. The monoisotopic (exact) mass is 531 g/mol. The van der Waals surface area contributed by atoms with E-state index in [1.807, 2.05) is 31.4 Å².